The molecule has 4 heteroatoms. The van der Waals surface area contributed by atoms with Crippen LogP contribution in [0.5, 0.6) is 0 Å². The quantitative estimate of drug-likeness (QED) is 0.911. The van der Waals surface area contributed by atoms with Crippen molar-refractivity contribution in [3.8, 4) is 0 Å². The second kappa shape index (κ2) is 4.85. The van der Waals surface area contributed by atoms with Gasteiger partial charge in [-0.2, -0.15) is 5.10 Å². The van der Waals surface area contributed by atoms with Gasteiger partial charge in [0.25, 0.3) is 0 Å². The van der Waals surface area contributed by atoms with E-state index in [0.29, 0.717) is 5.92 Å². The summed E-state index contributed by atoms with van der Waals surface area (Å²) in [5, 5.41) is 11.9. The summed E-state index contributed by atoms with van der Waals surface area (Å²) in [6, 6.07) is 10.7. The number of nitrogens with one attached hydrogen (secondary N) is 1. The number of hydrogen-bond donors (Lipinski definition) is 1. The highest BCUT2D eigenvalue weighted by Gasteiger charge is 2.44. The maximum absolute atomic E-state index is 13.0. The van der Waals surface area contributed by atoms with E-state index < -0.39 is 0 Å². The van der Waals surface area contributed by atoms with E-state index in [0.717, 1.165) is 29.9 Å². The normalized spacial score (nSPS) is 16.2. The number of nitrogens with zero attached hydrogens (tertiary/aromatic N) is 2. The van der Waals surface area contributed by atoms with Gasteiger partial charge in [0.2, 0.25) is 0 Å². The Morgan fingerprint density at radius 3 is 2.30 bits per heavy atom. The zero-order valence-electron chi connectivity index (χ0n) is 11.7. The van der Waals surface area contributed by atoms with Crippen molar-refractivity contribution in [2.45, 2.75) is 38.1 Å². The Morgan fingerprint density at radius 2 is 1.80 bits per heavy atom. The molecule has 106 valence electrons. The van der Waals surface area contributed by atoms with Gasteiger partial charge in [0.05, 0.1) is 11.2 Å². The van der Waals surface area contributed by atoms with E-state index in [1.54, 1.807) is 0 Å². The molecule has 1 N–H and O–H groups in total. The minimum Gasteiger partial charge on any atom is -0.359 e. The third-order valence-electron chi connectivity index (χ3n) is 3.79. The fourth-order valence-electron chi connectivity index (χ4n) is 2.34. The highest BCUT2D eigenvalue weighted by molar-refractivity contribution is 5.45. The van der Waals surface area contributed by atoms with E-state index in [2.05, 4.69) is 29.4 Å². The third kappa shape index (κ3) is 2.50. The standard InChI is InChI=1S/C16H18FN3.H2/c1-11(2)14-7-8-15(20-19-14)18-16(9-10-16)12-3-5-13(17)6-4-12;/h3-8,11H,9-10H2,1-2H3,(H,18,20);1H. The van der Waals surface area contributed by atoms with Crippen LogP contribution in [0.4, 0.5) is 10.2 Å². The molecule has 20 heavy (non-hydrogen) atoms. The number of rotatable bonds is 4. The maximum atomic E-state index is 13.0. The topological polar surface area (TPSA) is 37.8 Å². The van der Waals surface area contributed by atoms with Crippen LogP contribution in [0.3, 0.4) is 0 Å². The summed E-state index contributed by atoms with van der Waals surface area (Å²) in [7, 11) is 0. The lowest BCUT2D eigenvalue weighted by molar-refractivity contribution is 0.625. The van der Waals surface area contributed by atoms with Crippen molar-refractivity contribution < 1.29 is 5.82 Å². The van der Waals surface area contributed by atoms with Crippen LogP contribution >= 0.6 is 0 Å². The van der Waals surface area contributed by atoms with Crippen molar-refractivity contribution >= 4 is 5.82 Å². The highest BCUT2D eigenvalue weighted by atomic mass is 19.1. The lowest BCUT2D eigenvalue weighted by Gasteiger charge is -2.18. The maximum Gasteiger partial charge on any atom is 0.149 e. The molecule has 0 radical (unpaired) electrons. The van der Waals surface area contributed by atoms with Crippen LogP contribution in [0, 0.1) is 5.82 Å². The van der Waals surface area contributed by atoms with Crippen LogP contribution in [-0.2, 0) is 5.54 Å². The summed E-state index contributed by atoms with van der Waals surface area (Å²) in [6.07, 6.45) is 2.07. The molecule has 1 aliphatic rings. The Bertz CT molecular complexity index is 592. The average molecular weight is 273 g/mol. The van der Waals surface area contributed by atoms with E-state index in [-0.39, 0.29) is 12.8 Å². The van der Waals surface area contributed by atoms with Crippen LogP contribution in [0.15, 0.2) is 36.4 Å². The van der Waals surface area contributed by atoms with Crippen LogP contribution in [0.25, 0.3) is 0 Å². The summed E-state index contributed by atoms with van der Waals surface area (Å²) in [5.74, 6) is 0.949. The summed E-state index contributed by atoms with van der Waals surface area (Å²) in [5.41, 5.74) is 2.00. The van der Waals surface area contributed by atoms with E-state index >= 15 is 0 Å². The molecule has 0 aliphatic heterocycles. The molecule has 1 aliphatic carbocycles. The molecule has 1 heterocycles. The SMILES string of the molecule is CC(C)c1ccc(NC2(c3ccc(F)cc3)CC2)nn1.[HH]. The molecule has 0 atom stereocenters. The van der Waals surface area contributed by atoms with Crippen LogP contribution in [-0.4, -0.2) is 10.2 Å². The summed E-state index contributed by atoms with van der Waals surface area (Å²) >= 11 is 0. The molecular weight excluding hydrogens is 253 g/mol. The van der Waals surface area contributed by atoms with Crippen molar-refractivity contribution in [2.75, 3.05) is 5.32 Å². The molecule has 1 fully saturated rings. The largest absolute Gasteiger partial charge is 0.359 e. The van der Waals surface area contributed by atoms with E-state index in [4.69, 9.17) is 0 Å². The fraction of sp³-hybridized carbons (Fsp3) is 0.375. The second-order valence-corrected chi connectivity index (χ2v) is 5.71. The van der Waals surface area contributed by atoms with Crippen LogP contribution in [0.1, 0.15) is 45.3 Å². The van der Waals surface area contributed by atoms with E-state index in [9.17, 15) is 4.39 Å². The molecule has 3 nitrogen and oxygen atoms in total. The van der Waals surface area contributed by atoms with Crippen molar-refractivity contribution in [3.63, 3.8) is 0 Å². The van der Waals surface area contributed by atoms with Crippen molar-refractivity contribution in [2.24, 2.45) is 0 Å². The summed E-state index contributed by atoms with van der Waals surface area (Å²) < 4.78 is 13.0. The smallest absolute Gasteiger partial charge is 0.149 e. The predicted octanol–water partition coefficient (Wildman–Crippen LogP) is 4.09. The molecule has 2 aromatic rings. The average Bonchev–Trinajstić information content (AvgIpc) is 3.21. The van der Waals surface area contributed by atoms with Crippen LogP contribution in [0.2, 0.25) is 0 Å². The Kier molecular flexibility index (Phi) is 3.16. The Labute approximate surface area is 119 Å². The Morgan fingerprint density at radius 1 is 1.10 bits per heavy atom. The summed E-state index contributed by atoms with van der Waals surface area (Å²) in [6.45, 7) is 4.19. The van der Waals surface area contributed by atoms with E-state index in [1.165, 1.54) is 12.1 Å². The van der Waals surface area contributed by atoms with Gasteiger partial charge >= 0.3 is 0 Å². The number of halogens is 1. The number of benzene rings is 1. The lowest BCUT2D eigenvalue weighted by atomic mass is 10.0. The van der Waals surface area contributed by atoms with Gasteiger partial charge in [0.15, 0.2) is 0 Å². The summed E-state index contributed by atoms with van der Waals surface area (Å²) in [4.78, 5) is 0. The fourth-order valence-corrected chi connectivity index (χ4v) is 2.34. The zero-order valence-corrected chi connectivity index (χ0v) is 11.7. The first kappa shape index (κ1) is 13.0. The Balaban J connectivity index is 0.00000161. The first-order chi connectivity index (χ1) is 9.59. The predicted molar refractivity (Wildman–Crippen MR) is 79.2 cm³/mol. The van der Waals surface area contributed by atoms with Gasteiger partial charge in [-0.25, -0.2) is 4.39 Å². The monoisotopic (exact) mass is 273 g/mol. The van der Waals surface area contributed by atoms with Gasteiger partial charge in [-0.15, -0.1) is 5.10 Å². The van der Waals surface area contributed by atoms with Crippen molar-refractivity contribution in [3.05, 3.63) is 53.5 Å². The molecule has 0 saturated heterocycles. The van der Waals surface area contributed by atoms with Gasteiger partial charge in [-0.1, -0.05) is 26.0 Å². The van der Waals surface area contributed by atoms with Gasteiger partial charge in [-0.3, -0.25) is 0 Å². The molecule has 0 unspecified atom stereocenters. The molecule has 0 bridgehead atoms. The molecule has 0 amide bonds. The minimum absolute atomic E-state index is 0. The van der Waals surface area contributed by atoms with Gasteiger partial charge < -0.3 is 5.32 Å². The van der Waals surface area contributed by atoms with Crippen LogP contribution < -0.4 is 5.32 Å². The molecule has 1 aromatic carbocycles. The zero-order chi connectivity index (χ0) is 14.2. The molecule has 1 saturated carbocycles. The van der Waals surface area contributed by atoms with Gasteiger partial charge in [0.1, 0.15) is 11.6 Å². The van der Waals surface area contributed by atoms with Crippen molar-refractivity contribution in [1.29, 1.82) is 0 Å². The highest BCUT2D eigenvalue weighted by Crippen LogP contribution is 2.47. The minimum atomic E-state index is -0.203. The first-order valence-electron chi connectivity index (χ1n) is 6.97. The van der Waals surface area contributed by atoms with Gasteiger partial charge in [0, 0.05) is 1.43 Å². The number of hydrogen-bond acceptors (Lipinski definition) is 3. The second-order valence-electron chi connectivity index (χ2n) is 5.71. The number of anilines is 1. The third-order valence-corrected chi connectivity index (χ3v) is 3.79. The first-order valence-corrected chi connectivity index (χ1v) is 6.97. The molecule has 0 spiro atoms. The molecule has 3 rings (SSSR count). The molecular formula is C16H20FN3. The Hall–Kier alpha value is -1.97. The van der Waals surface area contributed by atoms with E-state index in [1.807, 2.05) is 24.3 Å². The van der Waals surface area contributed by atoms with Crippen molar-refractivity contribution in [1.82, 2.24) is 10.2 Å². The molecule has 1 aromatic heterocycles. The lowest BCUT2D eigenvalue weighted by Crippen LogP contribution is -2.19. The number of aromatic nitrogens is 2. The van der Waals surface area contributed by atoms with Gasteiger partial charge in [-0.05, 0) is 48.6 Å².